The van der Waals surface area contributed by atoms with Crippen molar-refractivity contribution in [3.8, 4) is 91.2 Å². The van der Waals surface area contributed by atoms with Gasteiger partial charge in [-0.05, 0) is 153 Å². The van der Waals surface area contributed by atoms with Gasteiger partial charge < -0.3 is 48.7 Å². The van der Waals surface area contributed by atoms with Crippen LogP contribution < -0.4 is 29.1 Å². The van der Waals surface area contributed by atoms with Gasteiger partial charge in [0.25, 0.3) is 0 Å². The molecule has 0 bridgehead atoms. The highest BCUT2D eigenvalue weighted by Gasteiger charge is 2.32. The Morgan fingerprint density at radius 1 is 0.301 bits per heavy atom. The first kappa shape index (κ1) is 92.1. The largest absolute Gasteiger partial charge is 0.497 e. The molecule has 4 aliphatic heterocycles. The molecule has 32 heteroatoms. The smallest absolute Gasteiger partial charge is 0.244 e. The predicted molar refractivity (Wildman–Crippen MR) is 519 cm³/mol. The zero-order valence-corrected chi connectivity index (χ0v) is 76.7. The number of carbonyl (C=O) groups excluding carboxylic acids is 4. The van der Waals surface area contributed by atoms with E-state index in [0.29, 0.717) is 123 Å². The van der Waals surface area contributed by atoms with Crippen molar-refractivity contribution in [1.29, 1.82) is 0 Å². The van der Waals surface area contributed by atoms with Crippen LogP contribution in [-0.2, 0) is 45.4 Å². The topological polar surface area (TPSA) is 287 Å². The molecule has 0 atom stereocenters. The second-order valence-electron chi connectivity index (χ2n) is 33.8. The normalized spacial score (nSPS) is 14.6. The molecule has 136 heavy (non-hydrogen) atoms. The number of halogens is 2. The Morgan fingerprint density at radius 3 is 0.985 bits per heavy atom. The van der Waals surface area contributed by atoms with Crippen molar-refractivity contribution >= 4 is 46.9 Å². The fourth-order valence-corrected chi connectivity index (χ4v) is 17.2. The van der Waals surface area contributed by atoms with Gasteiger partial charge in [0.15, 0.2) is 40.8 Å². The molecule has 8 aromatic heterocycles. The molecule has 694 valence electrons. The van der Waals surface area contributed by atoms with Gasteiger partial charge in [-0.2, -0.15) is 5.10 Å². The number of rotatable bonds is 22. The van der Waals surface area contributed by atoms with Crippen molar-refractivity contribution in [2.75, 3.05) is 139 Å². The molecule has 7 aromatic carbocycles. The van der Waals surface area contributed by atoms with Gasteiger partial charge in [-0.1, -0.05) is 147 Å². The molecule has 4 saturated heterocycles. The molecule has 20 rings (SSSR count). The van der Waals surface area contributed by atoms with Gasteiger partial charge in [0.05, 0.1) is 14.2 Å². The molecule has 12 heterocycles. The van der Waals surface area contributed by atoms with Crippen molar-refractivity contribution in [2.24, 2.45) is 0 Å². The Balaban J connectivity index is 0.000000126. The number of carbonyl (C=O) groups is 4. The lowest BCUT2D eigenvalue weighted by molar-refractivity contribution is -0.133. The molecule has 0 unspecified atom stereocenters. The molecule has 0 radical (unpaired) electrons. The maximum atomic E-state index is 13.5. The molecule has 0 spiro atoms. The molecule has 0 N–H and O–H groups in total. The SMILES string of the molecule is COc1ccc(-c2nc(C3CCCCC3)n(CC(=O)N3CCN(c4cc(C)ccn4)CC3)n2)cc1.COc1ccnc(N2CCN(C(=O)Cn3nc(-c4ccc(F)cc4)nc3-c3ccc(F)cc3)CC2)c1.Cc1ccnc(N2CCN(C(=O)Cn3nc(-c4ccccc4)nc3-c3ccccc3)CC2)c1.O=C(Cn1nc(-c2ccccc2)nc1-c1ccccc1)N1CCN(c2ccccn2)CC1. The Morgan fingerprint density at radius 2 is 0.610 bits per heavy atom. The summed E-state index contributed by atoms with van der Waals surface area (Å²) in [6.45, 7) is 15.6. The number of aromatic nitrogens is 16. The first-order chi connectivity index (χ1) is 66.5. The summed E-state index contributed by atoms with van der Waals surface area (Å²) in [6, 6.07) is 76.7. The lowest BCUT2D eigenvalue weighted by Gasteiger charge is -2.35. The van der Waals surface area contributed by atoms with E-state index in [2.05, 4.69) is 75.6 Å². The maximum absolute atomic E-state index is 13.5. The van der Waals surface area contributed by atoms with Crippen LogP contribution in [0.2, 0.25) is 0 Å². The summed E-state index contributed by atoms with van der Waals surface area (Å²) in [5.74, 6) is 10.0. The van der Waals surface area contributed by atoms with E-state index >= 15 is 0 Å². The van der Waals surface area contributed by atoms with Gasteiger partial charge >= 0.3 is 0 Å². The second-order valence-corrected chi connectivity index (χ2v) is 33.8. The van der Waals surface area contributed by atoms with Gasteiger partial charge in [-0.3, -0.25) is 19.2 Å². The van der Waals surface area contributed by atoms with E-state index in [9.17, 15) is 28.0 Å². The van der Waals surface area contributed by atoms with Crippen LogP contribution in [0.4, 0.5) is 32.1 Å². The molecule has 4 amide bonds. The Labute approximate surface area is 788 Å². The van der Waals surface area contributed by atoms with Crippen molar-refractivity contribution in [3.05, 3.63) is 302 Å². The van der Waals surface area contributed by atoms with Crippen molar-refractivity contribution in [3.63, 3.8) is 0 Å². The lowest BCUT2D eigenvalue weighted by Crippen LogP contribution is -2.50. The summed E-state index contributed by atoms with van der Waals surface area (Å²) >= 11 is 0. The van der Waals surface area contributed by atoms with E-state index in [4.69, 9.17) is 39.7 Å². The molecular weight excluding hydrogens is 1720 g/mol. The van der Waals surface area contributed by atoms with Crippen LogP contribution in [-0.4, -0.2) is 241 Å². The minimum Gasteiger partial charge on any atom is -0.497 e. The second kappa shape index (κ2) is 44.2. The van der Waals surface area contributed by atoms with Crippen molar-refractivity contribution in [2.45, 2.75) is 78.0 Å². The summed E-state index contributed by atoms with van der Waals surface area (Å²) < 4.78 is 44.3. The van der Waals surface area contributed by atoms with Gasteiger partial charge in [0.2, 0.25) is 23.6 Å². The first-order valence-corrected chi connectivity index (χ1v) is 46.1. The highest BCUT2D eigenvalue weighted by molar-refractivity contribution is 5.80. The van der Waals surface area contributed by atoms with Gasteiger partial charge in [-0.15, -0.1) is 15.3 Å². The number of ether oxygens (including phenoxy) is 2. The number of aryl methyl sites for hydroxylation is 2. The van der Waals surface area contributed by atoms with Gasteiger partial charge in [-0.25, -0.2) is 67.4 Å². The zero-order valence-electron chi connectivity index (χ0n) is 76.7. The standard InChI is InChI=1S/C27H34N6O2.C26H24F2N6O2.C26H26N6O.C25H24N6O/c1-20-12-13-28-24(18-20)31-14-16-32(17-15-31)25(34)19-33-27(22-6-4-3-5-7-22)29-26(30-33)21-8-10-23(35-2)11-9-21;1-36-22-10-11-29-23(16-22)32-12-14-33(15-13-32)24(35)17-34-26(19-4-8-21(28)9-5-19)30-25(31-34)18-2-6-20(27)7-3-18;1-20-12-13-27-23(18-20)30-14-16-31(17-15-30)24(33)19-32-26(22-10-6-3-7-11-22)28-25(29-32)21-8-4-2-5-9-21;32-23(30-17-15-29(16-18-30)22-13-7-8-14-26-22)19-31-25(21-11-5-2-6-12-21)27-24(28-31)20-9-3-1-4-10-20/h8-13,18,22H,3-7,14-17,19H2,1-2H3;2-11,16H,12-15,17H2,1H3;2-13,18H,14-17,19H2,1H3;1-14H,15-19H2. The van der Waals surface area contributed by atoms with Crippen molar-refractivity contribution in [1.82, 2.24) is 98.6 Å². The predicted octanol–water partition coefficient (Wildman–Crippen LogP) is 14.7. The summed E-state index contributed by atoms with van der Waals surface area (Å²) in [4.78, 5) is 106. The van der Waals surface area contributed by atoms with E-state index < -0.39 is 0 Å². The summed E-state index contributed by atoms with van der Waals surface area (Å²) in [6.07, 6.45) is 13.1. The highest BCUT2D eigenvalue weighted by atomic mass is 19.1. The molecule has 15 aromatic rings. The van der Waals surface area contributed by atoms with E-state index in [0.717, 1.165) is 121 Å². The minimum atomic E-state index is -0.372. The first-order valence-electron chi connectivity index (χ1n) is 46.1. The van der Waals surface area contributed by atoms with Crippen LogP contribution in [0, 0.1) is 25.5 Å². The van der Waals surface area contributed by atoms with Crippen molar-refractivity contribution < 1.29 is 37.4 Å². The summed E-state index contributed by atoms with van der Waals surface area (Å²) in [5.41, 5.74) is 8.30. The lowest BCUT2D eigenvalue weighted by atomic mass is 9.88. The van der Waals surface area contributed by atoms with E-state index in [-0.39, 0.29) is 61.4 Å². The number of amides is 4. The number of hydrogen-bond donors (Lipinski definition) is 0. The number of piperazine rings is 4. The number of methoxy groups -OCH3 is 2. The number of benzene rings is 7. The molecule has 5 fully saturated rings. The number of hydrogen-bond acceptors (Lipinski definition) is 22. The number of nitrogens with zero attached hydrogens (tertiary/aromatic N) is 24. The number of pyridine rings is 4. The molecule has 1 aliphatic carbocycles. The third kappa shape index (κ3) is 23.3. The van der Waals surface area contributed by atoms with Gasteiger partial charge in [0.1, 0.15) is 78.4 Å². The third-order valence-electron chi connectivity index (χ3n) is 24.7. The minimum absolute atomic E-state index is 0.0295. The Bertz CT molecular complexity index is 6460. The van der Waals surface area contributed by atoms with Crippen LogP contribution >= 0.6 is 0 Å². The maximum Gasteiger partial charge on any atom is 0.244 e. The highest BCUT2D eigenvalue weighted by Crippen LogP contribution is 2.35. The van der Waals surface area contributed by atoms with E-state index in [1.54, 1.807) is 71.2 Å². The molecule has 5 aliphatic rings. The zero-order chi connectivity index (χ0) is 93.6. The fraction of sp³-hybridized carbons (Fsp3) is 0.288. The van der Waals surface area contributed by atoms with E-state index in [1.165, 1.54) is 59.3 Å². The average Bonchev–Trinajstić information content (AvgIpc) is 1.68. The van der Waals surface area contributed by atoms with Crippen LogP contribution in [0.15, 0.2) is 274 Å². The molecular formula is C104H108F2N24O6. The Kier molecular flexibility index (Phi) is 29.9. The fourth-order valence-electron chi connectivity index (χ4n) is 17.2. The van der Waals surface area contributed by atoms with Crippen LogP contribution in [0.25, 0.3) is 79.7 Å². The molecule has 30 nitrogen and oxygen atoms in total. The van der Waals surface area contributed by atoms with Crippen LogP contribution in [0.1, 0.15) is 55.0 Å². The monoisotopic (exact) mass is 1830 g/mol. The quantitative estimate of drug-likeness (QED) is 0.0609. The summed E-state index contributed by atoms with van der Waals surface area (Å²) in [7, 11) is 3.27. The molecule has 1 saturated carbocycles. The Hall–Kier alpha value is -15.8. The van der Waals surface area contributed by atoms with Crippen LogP contribution in [0.5, 0.6) is 11.5 Å². The van der Waals surface area contributed by atoms with Crippen LogP contribution in [0.3, 0.4) is 0 Å². The van der Waals surface area contributed by atoms with E-state index in [1.807, 2.05) is 214 Å². The van der Waals surface area contributed by atoms with Gasteiger partial charge in [0, 0.05) is 180 Å². The third-order valence-corrected chi connectivity index (χ3v) is 24.7. The average molecular weight is 1830 g/mol. The summed E-state index contributed by atoms with van der Waals surface area (Å²) in [5, 5.41) is 18.7. The number of anilines is 4.